The van der Waals surface area contributed by atoms with Crippen LogP contribution in [-0.2, 0) is 13.1 Å². The van der Waals surface area contributed by atoms with Crippen molar-refractivity contribution in [3.8, 4) is 0 Å². The standard InChI is InChI=1S/C22H31N5O/c1-23-22(24-12-6-8-14-26-13-7-5-11-21(26)28)27-17-15-25(16-18-27)19-20-9-3-2-4-10-20/h2-5,7,9-11,13H,6,8,12,14-19H2,1H3,(H,23,24). The molecule has 2 heterocycles. The van der Waals surface area contributed by atoms with Crippen LogP contribution in [0.25, 0.3) is 0 Å². The van der Waals surface area contributed by atoms with Crippen molar-refractivity contribution < 1.29 is 0 Å². The van der Waals surface area contributed by atoms with Crippen molar-refractivity contribution in [2.75, 3.05) is 39.8 Å². The molecule has 1 fully saturated rings. The van der Waals surface area contributed by atoms with Crippen molar-refractivity contribution in [2.45, 2.75) is 25.9 Å². The van der Waals surface area contributed by atoms with Crippen LogP contribution in [-0.4, -0.2) is 60.1 Å². The lowest BCUT2D eigenvalue weighted by molar-refractivity contribution is 0.172. The summed E-state index contributed by atoms with van der Waals surface area (Å²) in [6.45, 7) is 6.73. The van der Waals surface area contributed by atoms with Crippen molar-refractivity contribution >= 4 is 5.96 Å². The molecular weight excluding hydrogens is 350 g/mol. The molecule has 1 saturated heterocycles. The van der Waals surface area contributed by atoms with Crippen molar-refractivity contribution in [3.63, 3.8) is 0 Å². The van der Waals surface area contributed by atoms with Gasteiger partial charge < -0.3 is 14.8 Å². The van der Waals surface area contributed by atoms with Gasteiger partial charge in [-0.1, -0.05) is 36.4 Å². The molecule has 6 heteroatoms. The third-order valence-electron chi connectivity index (χ3n) is 5.14. The second kappa shape index (κ2) is 10.7. The number of hydrogen-bond donors (Lipinski definition) is 1. The van der Waals surface area contributed by atoms with Gasteiger partial charge in [0.25, 0.3) is 0 Å². The summed E-state index contributed by atoms with van der Waals surface area (Å²) >= 11 is 0. The third-order valence-corrected chi connectivity index (χ3v) is 5.14. The molecule has 0 bridgehead atoms. The third kappa shape index (κ3) is 5.96. The van der Waals surface area contributed by atoms with Gasteiger partial charge in [0, 0.05) is 65.1 Å². The van der Waals surface area contributed by atoms with Gasteiger partial charge in [-0.15, -0.1) is 0 Å². The number of pyridine rings is 1. The summed E-state index contributed by atoms with van der Waals surface area (Å²) in [5, 5.41) is 3.47. The molecule has 28 heavy (non-hydrogen) atoms. The van der Waals surface area contributed by atoms with Gasteiger partial charge >= 0.3 is 0 Å². The fourth-order valence-electron chi connectivity index (χ4n) is 3.54. The number of unbranched alkanes of at least 4 members (excludes halogenated alkanes) is 1. The number of aromatic nitrogens is 1. The fourth-order valence-corrected chi connectivity index (χ4v) is 3.54. The Kier molecular flexibility index (Phi) is 7.67. The fraction of sp³-hybridized carbons (Fsp3) is 0.455. The maximum absolute atomic E-state index is 11.7. The highest BCUT2D eigenvalue weighted by molar-refractivity contribution is 5.79. The summed E-state index contributed by atoms with van der Waals surface area (Å²) in [5.74, 6) is 0.983. The summed E-state index contributed by atoms with van der Waals surface area (Å²) in [5.41, 5.74) is 1.44. The predicted octanol–water partition coefficient (Wildman–Crippen LogP) is 2.02. The summed E-state index contributed by atoms with van der Waals surface area (Å²) in [6.07, 6.45) is 3.83. The van der Waals surface area contributed by atoms with Crippen molar-refractivity contribution in [1.82, 2.24) is 19.7 Å². The monoisotopic (exact) mass is 381 g/mol. The quantitative estimate of drug-likeness (QED) is 0.453. The first-order valence-corrected chi connectivity index (χ1v) is 10.1. The summed E-state index contributed by atoms with van der Waals surface area (Å²) in [7, 11) is 1.85. The minimum absolute atomic E-state index is 0.0691. The van der Waals surface area contributed by atoms with Gasteiger partial charge in [-0.25, -0.2) is 0 Å². The molecule has 3 rings (SSSR count). The zero-order valence-corrected chi connectivity index (χ0v) is 16.8. The number of aliphatic imine (C=N–C) groups is 1. The number of piperazine rings is 1. The smallest absolute Gasteiger partial charge is 0.250 e. The van der Waals surface area contributed by atoms with E-state index >= 15 is 0 Å². The van der Waals surface area contributed by atoms with Crippen molar-refractivity contribution in [1.29, 1.82) is 0 Å². The molecule has 0 radical (unpaired) electrons. The van der Waals surface area contributed by atoms with Crippen LogP contribution < -0.4 is 10.9 Å². The van der Waals surface area contributed by atoms with Gasteiger partial charge in [0.2, 0.25) is 5.56 Å². The Hall–Kier alpha value is -2.60. The Morgan fingerprint density at radius 1 is 1.00 bits per heavy atom. The van der Waals surface area contributed by atoms with E-state index in [4.69, 9.17) is 0 Å². The zero-order valence-electron chi connectivity index (χ0n) is 16.8. The van der Waals surface area contributed by atoms with Crippen LogP contribution >= 0.6 is 0 Å². The van der Waals surface area contributed by atoms with E-state index < -0.39 is 0 Å². The molecule has 0 unspecified atom stereocenters. The number of hydrogen-bond acceptors (Lipinski definition) is 3. The molecule has 1 aromatic heterocycles. The number of nitrogens with zero attached hydrogens (tertiary/aromatic N) is 4. The van der Waals surface area contributed by atoms with Crippen LogP contribution in [0.2, 0.25) is 0 Å². The molecule has 1 aromatic carbocycles. The number of nitrogens with one attached hydrogen (secondary N) is 1. The van der Waals surface area contributed by atoms with E-state index in [0.717, 1.165) is 64.6 Å². The molecule has 0 aliphatic carbocycles. The Morgan fingerprint density at radius 2 is 1.75 bits per heavy atom. The van der Waals surface area contributed by atoms with Crippen LogP contribution in [0.3, 0.4) is 0 Å². The van der Waals surface area contributed by atoms with E-state index in [-0.39, 0.29) is 5.56 Å². The van der Waals surface area contributed by atoms with Crippen LogP contribution in [0.5, 0.6) is 0 Å². The highest BCUT2D eigenvalue weighted by Gasteiger charge is 2.19. The molecular formula is C22H31N5O. The maximum Gasteiger partial charge on any atom is 0.250 e. The molecule has 1 aliphatic heterocycles. The van der Waals surface area contributed by atoms with Gasteiger partial charge in [-0.2, -0.15) is 0 Å². The lowest BCUT2D eigenvalue weighted by atomic mass is 10.2. The average molecular weight is 382 g/mol. The maximum atomic E-state index is 11.7. The molecule has 0 spiro atoms. The molecule has 0 amide bonds. The number of benzene rings is 1. The molecule has 1 N–H and O–H groups in total. The molecule has 2 aromatic rings. The summed E-state index contributed by atoms with van der Waals surface area (Å²) in [4.78, 5) is 21.0. The minimum Gasteiger partial charge on any atom is -0.356 e. The van der Waals surface area contributed by atoms with Gasteiger partial charge in [0.05, 0.1) is 0 Å². The summed E-state index contributed by atoms with van der Waals surface area (Å²) in [6, 6.07) is 15.9. The topological polar surface area (TPSA) is 52.9 Å². The predicted molar refractivity (Wildman–Crippen MR) is 115 cm³/mol. The van der Waals surface area contributed by atoms with E-state index in [0.29, 0.717) is 0 Å². The number of aryl methyl sites for hydroxylation is 1. The van der Waals surface area contributed by atoms with E-state index in [2.05, 4.69) is 50.4 Å². The Balaban J connectivity index is 1.35. The van der Waals surface area contributed by atoms with Gasteiger partial charge in [0.1, 0.15) is 0 Å². The van der Waals surface area contributed by atoms with E-state index in [1.54, 1.807) is 16.7 Å². The average Bonchev–Trinajstić information content (AvgIpc) is 2.73. The van der Waals surface area contributed by atoms with Crippen LogP contribution in [0, 0.1) is 0 Å². The highest BCUT2D eigenvalue weighted by Crippen LogP contribution is 2.08. The summed E-state index contributed by atoms with van der Waals surface area (Å²) < 4.78 is 1.76. The minimum atomic E-state index is 0.0691. The lowest BCUT2D eigenvalue weighted by Crippen LogP contribution is -2.52. The van der Waals surface area contributed by atoms with Gasteiger partial charge in [-0.3, -0.25) is 14.7 Å². The largest absolute Gasteiger partial charge is 0.356 e. The second-order valence-corrected chi connectivity index (χ2v) is 7.16. The van der Waals surface area contributed by atoms with Crippen molar-refractivity contribution in [2.24, 2.45) is 4.99 Å². The Labute approximate surface area is 167 Å². The highest BCUT2D eigenvalue weighted by atomic mass is 16.1. The molecule has 0 saturated carbocycles. The first-order valence-electron chi connectivity index (χ1n) is 10.1. The van der Waals surface area contributed by atoms with Gasteiger partial charge in [-0.05, 0) is 24.5 Å². The molecule has 150 valence electrons. The van der Waals surface area contributed by atoms with Gasteiger partial charge in [0.15, 0.2) is 5.96 Å². The lowest BCUT2D eigenvalue weighted by Gasteiger charge is -2.36. The van der Waals surface area contributed by atoms with Crippen molar-refractivity contribution in [3.05, 3.63) is 70.6 Å². The van der Waals surface area contributed by atoms with E-state index in [1.165, 1.54) is 5.56 Å². The molecule has 6 nitrogen and oxygen atoms in total. The number of rotatable bonds is 7. The van der Waals surface area contributed by atoms with Crippen LogP contribution in [0.4, 0.5) is 0 Å². The first-order chi connectivity index (χ1) is 13.8. The normalized spacial score (nSPS) is 15.6. The SMILES string of the molecule is CN=C(NCCCCn1ccccc1=O)N1CCN(Cc2ccccc2)CC1. The van der Waals surface area contributed by atoms with Crippen LogP contribution in [0.1, 0.15) is 18.4 Å². The first kappa shape index (κ1) is 20.1. The Morgan fingerprint density at radius 3 is 2.46 bits per heavy atom. The van der Waals surface area contributed by atoms with E-state index in [9.17, 15) is 4.79 Å². The number of guanidine groups is 1. The van der Waals surface area contributed by atoms with E-state index in [1.807, 2.05) is 19.3 Å². The second-order valence-electron chi connectivity index (χ2n) is 7.16. The molecule has 0 atom stereocenters. The zero-order chi connectivity index (χ0) is 19.6. The Bertz CT molecular complexity index is 794. The molecule has 1 aliphatic rings. The van der Waals surface area contributed by atoms with Crippen LogP contribution in [0.15, 0.2) is 64.5 Å².